The van der Waals surface area contributed by atoms with E-state index in [4.69, 9.17) is 11.6 Å². The molecule has 1 fully saturated rings. The quantitative estimate of drug-likeness (QED) is 0.476. The number of nitrogens with one attached hydrogen (secondary N) is 2. The van der Waals surface area contributed by atoms with Crippen molar-refractivity contribution in [3.63, 3.8) is 0 Å². The van der Waals surface area contributed by atoms with Crippen LogP contribution in [0.15, 0.2) is 0 Å². The van der Waals surface area contributed by atoms with Crippen molar-refractivity contribution in [3.05, 3.63) is 0 Å². The molecule has 15 heavy (non-hydrogen) atoms. The lowest BCUT2D eigenvalue weighted by molar-refractivity contribution is -0.125. The van der Waals surface area contributed by atoms with Crippen molar-refractivity contribution < 1.29 is 14.4 Å². The van der Waals surface area contributed by atoms with Crippen LogP contribution in [-0.4, -0.2) is 36.6 Å². The maximum absolute atomic E-state index is 11.3. The van der Waals surface area contributed by atoms with Crippen molar-refractivity contribution >= 4 is 29.7 Å². The van der Waals surface area contributed by atoms with Gasteiger partial charge in [-0.05, 0) is 12.8 Å². The van der Waals surface area contributed by atoms with E-state index in [1.165, 1.54) is 0 Å². The van der Waals surface area contributed by atoms with Gasteiger partial charge in [-0.15, -0.1) is 11.6 Å². The molecule has 1 saturated heterocycles. The topological polar surface area (TPSA) is 75.3 Å². The lowest BCUT2D eigenvalue weighted by atomic mass is 9.96. The Kier molecular flexibility index (Phi) is 4.55. The normalized spacial score (nSPS) is 21.9. The van der Waals surface area contributed by atoms with Crippen molar-refractivity contribution in [1.29, 1.82) is 0 Å². The van der Waals surface area contributed by atoms with Gasteiger partial charge in [0.1, 0.15) is 0 Å². The summed E-state index contributed by atoms with van der Waals surface area (Å²) in [5.41, 5.74) is 0. The Bertz CT molecular complexity index is 270. The number of hydrogen-bond acceptors (Lipinski definition) is 3. The van der Waals surface area contributed by atoms with Crippen LogP contribution < -0.4 is 10.6 Å². The third-order valence-corrected chi connectivity index (χ3v) is 2.74. The highest BCUT2D eigenvalue weighted by Crippen LogP contribution is 2.16. The average Bonchev–Trinajstić information content (AvgIpc) is 2.63. The molecule has 0 unspecified atom stereocenters. The van der Waals surface area contributed by atoms with Crippen LogP contribution >= 0.6 is 11.6 Å². The van der Waals surface area contributed by atoms with Crippen LogP contribution in [0.5, 0.6) is 0 Å². The van der Waals surface area contributed by atoms with Gasteiger partial charge < -0.3 is 10.6 Å². The summed E-state index contributed by atoms with van der Waals surface area (Å²) in [7, 11) is 0. The molecule has 0 aromatic rings. The van der Waals surface area contributed by atoms with Gasteiger partial charge in [-0.25, -0.2) is 0 Å². The highest BCUT2D eigenvalue weighted by atomic mass is 35.5. The highest BCUT2D eigenvalue weighted by Gasteiger charge is 2.29. The summed E-state index contributed by atoms with van der Waals surface area (Å²) in [4.78, 5) is 32.8. The van der Waals surface area contributed by atoms with Crippen molar-refractivity contribution in [2.75, 3.05) is 12.4 Å². The van der Waals surface area contributed by atoms with Crippen LogP contribution in [-0.2, 0) is 14.4 Å². The molecule has 2 amide bonds. The Hall–Kier alpha value is -1.10. The molecule has 1 aliphatic heterocycles. The van der Waals surface area contributed by atoms with Crippen LogP contribution in [0.3, 0.4) is 0 Å². The molecular weight excluding hydrogens is 220 g/mol. The molecule has 84 valence electrons. The molecule has 1 aliphatic rings. The van der Waals surface area contributed by atoms with Gasteiger partial charge >= 0.3 is 0 Å². The molecule has 2 N–H and O–H groups in total. The number of hydrogen-bond donors (Lipinski definition) is 2. The molecule has 6 heteroatoms. The van der Waals surface area contributed by atoms with E-state index >= 15 is 0 Å². The number of carbonyl (C=O) groups is 3. The van der Waals surface area contributed by atoms with Crippen LogP contribution in [0.1, 0.15) is 12.8 Å². The molecule has 1 rings (SSSR count). The SMILES string of the molecule is O=CN[C@@H](C[C@@H]1CCNC1=O)C(=O)CCl. The van der Waals surface area contributed by atoms with Gasteiger partial charge in [-0.3, -0.25) is 14.4 Å². The Labute approximate surface area is 92.5 Å². The van der Waals surface area contributed by atoms with E-state index in [1.54, 1.807) is 0 Å². The van der Waals surface area contributed by atoms with E-state index in [0.29, 0.717) is 25.8 Å². The summed E-state index contributed by atoms with van der Waals surface area (Å²) < 4.78 is 0. The lowest BCUT2D eigenvalue weighted by Crippen LogP contribution is -2.39. The zero-order chi connectivity index (χ0) is 11.3. The maximum atomic E-state index is 11.3. The van der Waals surface area contributed by atoms with Crippen molar-refractivity contribution in [2.24, 2.45) is 5.92 Å². The first-order chi connectivity index (χ1) is 7.19. The first-order valence-electron chi connectivity index (χ1n) is 4.75. The number of carbonyl (C=O) groups excluding carboxylic acids is 3. The molecule has 0 spiro atoms. The van der Waals surface area contributed by atoms with Crippen molar-refractivity contribution in [3.8, 4) is 0 Å². The highest BCUT2D eigenvalue weighted by molar-refractivity contribution is 6.28. The van der Waals surface area contributed by atoms with Gasteiger partial charge in [0.15, 0.2) is 5.78 Å². The molecule has 1 heterocycles. The molecule has 0 saturated carbocycles. The molecule has 0 bridgehead atoms. The summed E-state index contributed by atoms with van der Waals surface area (Å²) >= 11 is 5.40. The molecule has 5 nitrogen and oxygen atoms in total. The van der Waals surface area contributed by atoms with Crippen LogP contribution in [0.2, 0.25) is 0 Å². The average molecular weight is 233 g/mol. The van der Waals surface area contributed by atoms with Crippen molar-refractivity contribution in [1.82, 2.24) is 10.6 Å². The summed E-state index contributed by atoms with van der Waals surface area (Å²) in [5, 5.41) is 5.06. The first kappa shape index (κ1) is 12.0. The molecule has 0 aromatic carbocycles. The van der Waals surface area contributed by atoms with E-state index in [1.807, 2.05) is 0 Å². The van der Waals surface area contributed by atoms with Crippen LogP contribution in [0, 0.1) is 5.92 Å². The number of rotatable bonds is 6. The van der Waals surface area contributed by atoms with Gasteiger partial charge in [0.25, 0.3) is 0 Å². The van der Waals surface area contributed by atoms with E-state index in [9.17, 15) is 14.4 Å². The van der Waals surface area contributed by atoms with Gasteiger partial charge in [-0.1, -0.05) is 0 Å². The molecular formula is C9H13ClN2O3. The summed E-state index contributed by atoms with van der Waals surface area (Å²) in [6.07, 6.45) is 1.49. The summed E-state index contributed by atoms with van der Waals surface area (Å²) in [5.74, 6) is -0.673. The predicted octanol–water partition coefficient (Wildman–Crippen LogP) is -0.565. The minimum atomic E-state index is -0.645. The fourth-order valence-electron chi connectivity index (χ4n) is 1.62. The Morgan fingerprint density at radius 3 is 2.93 bits per heavy atom. The fraction of sp³-hybridized carbons (Fsp3) is 0.667. The Morgan fingerprint density at radius 1 is 1.73 bits per heavy atom. The third kappa shape index (κ3) is 3.20. The monoisotopic (exact) mass is 232 g/mol. The van der Waals surface area contributed by atoms with Crippen molar-refractivity contribution in [2.45, 2.75) is 18.9 Å². The zero-order valence-corrected chi connectivity index (χ0v) is 8.92. The zero-order valence-electron chi connectivity index (χ0n) is 8.16. The minimum Gasteiger partial charge on any atom is -0.356 e. The number of halogens is 1. The molecule has 0 aromatic heterocycles. The van der Waals surface area contributed by atoms with E-state index in [2.05, 4.69) is 10.6 Å². The largest absolute Gasteiger partial charge is 0.356 e. The second kappa shape index (κ2) is 5.70. The van der Waals surface area contributed by atoms with Gasteiger partial charge in [0.05, 0.1) is 11.9 Å². The van der Waals surface area contributed by atoms with Gasteiger partial charge in [-0.2, -0.15) is 0 Å². The van der Waals surface area contributed by atoms with Crippen LogP contribution in [0.25, 0.3) is 0 Å². The minimum absolute atomic E-state index is 0.0601. The molecule has 2 atom stereocenters. The second-order valence-electron chi connectivity index (χ2n) is 3.45. The number of ketones is 1. The van der Waals surface area contributed by atoms with Gasteiger partial charge in [0.2, 0.25) is 12.3 Å². The smallest absolute Gasteiger partial charge is 0.223 e. The van der Waals surface area contributed by atoms with E-state index in [-0.39, 0.29) is 23.5 Å². The lowest BCUT2D eigenvalue weighted by Gasteiger charge is -2.16. The number of amides is 2. The first-order valence-corrected chi connectivity index (χ1v) is 5.28. The predicted molar refractivity (Wildman–Crippen MR) is 54.4 cm³/mol. The number of Topliss-reactive ketones (excluding diaryl/α,β-unsaturated/α-hetero) is 1. The van der Waals surface area contributed by atoms with E-state index in [0.717, 1.165) is 0 Å². The third-order valence-electron chi connectivity index (χ3n) is 2.47. The van der Waals surface area contributed by atoms with E-state index < -0.39 is 6.04 Å². The summed E-state index contributed by atoms with van der Waals surface area (Å²) in [6.45, 7) is 0.631. The summed E-state index contributed by atoms with van der Waals surface area (Å²) in [6, 6.07) is -0.645. The number of alkyl halides is 1. The fourth-order valence-corrected chi connectivity index (χ4v) is 1.81. The Balaban J connectivity index is 2.53. The molecule has 0 radical (unpaired) electrons. The maximum Gasteiger partial charge on any atom is 0.223 e. The van der Waals surface area contributed by atoms with Gasteiger partial charge in [0, 0.05) is 12.5 Å². The van der Waals surface area contributed by atoms with Crippen LogP contribution in [0.4, 0.5) is 0 Å². The second-order valence-corrected chi connectivity index (χ2v) is 3.72. The Morgan fingerprint density at radius 2 is 2.47 bits per heavy atom. The standard InChI is InChI=1S/C9H13ClN2O3/c10-4-8(14)7(12-5-13)3-6-1-2-11-9(6)15/h5-7H,1-4H2,(H,11,15)(H,12,13)/t6-,7-/m0/s1. The molecule has 0 aliphatic carbocycles.